The third-order valence-electron chi connectivity index (χ3n) is 10.1. The summed E-state index contributed by atoms with van der Waals surface area (Å²) in [6.45, 7) is 11.5. The smallest absolute Gasteiger partial charge is 0.235 e. The molecule has 7 atom stereocenters. The van der Waals surface area contributed by atoms with Gasteiger partial charge in [-0.05, 0) is 66.9 Å². The van der Waals surface area contributed by atoms with Crippen LogP contribution in [0.3, 0.4) is 0 Å². The average Bonchev–Trinajstić information content (AvgIpc) is 3.63. The fourth-order valence-electron chi connectivity index (χ4n) is 7.87. The molecule has 0 bridgehead atoms. The van der Waals surface area contributed by atoms with E-state index in [-0.39, 0.29) is 48.2 Å². The number of fused-ring (bicyclic) bond motifs is 1. The minimum atomic E-state index is -1.35. The Kier molecular flexibility index (Phi) is 9.41. The predicted molar refractivity (Wildman–Crippen MR) is 170 cm³/mol. The molecule has 3 aliphatic carbocycles. The Morgan fingerprint density at radius 2 is 1.61 bits per heavy atom. The molecule has 0 spiro atoms. The van der Waals surface area contributed by atoms with Crippen molar-refractivity contribution < 1.29 is 9.59 Å². The fourth-order valence-corrected chi connectivity index (χ4v) is 10.4. The van der Waals surface area contributed by atoms with Gasteiger partial charge < -0.3 is 0 Å². The van der Waals surface area contributed by atoms with Crippen molar-refractivity contribution in [2.45, 2.75) is 82.6 Å². The van der Waals surface area contributed by atoms with Gasteiger partial charge >= 0.3 is 0 Å². The summed E-state index contributed by atoms with van der Waals surface area (Å²) in [6, 6.07) is 13.6. The molecule has 1 heterocycles. The van der Waals surface area contributed by atoms with Crippen molar-refractivity contribution in [1.29, 1.82) is 0 Å². The maximum atomic E-state index is 13.5. The molecule has 5 rings (SSSR count). The summed E-state index contributed by atoms with van der Waals surface area (Å²) < 4.78 is 0. The Labute approximate surface area is 247 Å². The number of aliphatic imine (C=N–C) groups is 2. The summed E-state index contributed by atoms with van der Waals surface area (Å²) in [5, 5.41) is 0. The van der Waals surface area contributed by atoms with Gasteiger partial charge in [0.15, 0.2) is 0 Å². The Morgan fingerprint density at radius 3 is 2.29 bits per heavy atom. The molecule has 2 amide bonds. The van der Waals surface area contributed by atoms with Crippen LogP contribution in [0.5, 0.6) is 0 Å². The molecule has 0 radical (unpaired) electrons. The summed E-state index contributed by atoms with van der Waals surface area (Å²) in [7, 11) is -1.35. The van der Waals surface area contributed by atoms with Gasteiger partial charge in [0, 0.05) is 8.07 Å². The normalized spacial score (nSPS) is 32.6. The number of allylic oxidation sites excluding steroid dienone is 4. The quantitative estimate of drug-likeness (QED) is 0.131. The molecule has 0 N–H and O–H groups in total. The van der Waals surface area contributed by atoms with Gasteiger partial charge in [-0.1, -0.05) is 99.6 Å². The zero-order valence-corrected chi connectivity index (χ0v) is 26.1. The van der Waals surface area contributed by atoms with Crippen molar-refractivity contribution in [2.75, 3.05) is 6.67 Å². The maximum Gasteiger partial charge on any atom is 0.235 e. The van der Waals surface area contributed by atoms with Crippen LogP contribution >= 0.6 is 0 Å². The van der Waals surface area contributed by atoms with Gasteiger partial charge in [0.25, 0.3) is 0 Å². The molecule has 4 fully saturated rings. The van der Waals surface area contributed by atoms with Crippen LogP contribution in [0, 0.1) is 35.5 Å². The van der Waals surface area contributed by atoms with Crippen molar-refractivity contribution >= 4 is 32.0 Å². The first-order chi connectivity index (χ1) is 19.8. The van der Waals surface area contributed by atoms with E-state index in [2.05, 4.69) is 96.8 Å². The SMILES string of the molecule is C=C[C@@H]1CC(/C=C/C2CC(/C=C/c3ccccc3)C([Si](C)(C)C)C2)[C@@H]2C(=O)N(CN=C=NC3CCCCC3)C(=O)[C@H]12. The number of benzene rings is 1. The maximum absolute atomic E-state index is 13.5. The predicted octanol–water partition coefficient (Wildman–Crippen LogP) is 7.88. The standard InChI is InChI=1S/C35H47N3O2Si/c1-5-27-22-29(33-32(27)34(39)38(35(33)40)24-36-23-37-30-14-10-7-11-15-30)19-17-26-20-28(31(21-26)41(2,3)4)18-16-25-12-8-6-9-13-25/h5-6,8-9,12-13,16-19,26-33H,1,7,10-11,14-15,20-22,24H2,2-4H3/b18-16+,19-17+/t26?,27-,28?,29?,31?,32-,33+/m1/s1. The summed E-state index contributed by atoms with van der Waals surface area (Å²) in [6.07, 6.45) is 20.3. The van der Waals surface area contributed by atoms with Gasteiger partial charge in [-0.2, -0.15) is 0 Å². The zero-order chi connectivity index (χ0) is 29.0. The first-order valence-electron chi connectivity index (χ1n) is 15.8. The van der Waals surface area contributed by atoms with Gasteiger partial charge in [-0.3, -0.25) is 14.5 Å². The number of hydrogen-bond donors (Lipinski definition) is 0. The second kappa shape index (κ2) is 13.0. The van der Waals surface area contributed by atoms with E-state index in [1.54, 1.807) is 0 Å². The Hall–Kier alpha value is -2.82. The largest absolute Gasteiger partial charge is 0.274 e. The summed E-state index contributed by atoms with van der Waals surface area (Å²) in [5.41, 5.74) is 1.99. The topological polar surface area (TPSA) is 62.1 Å². The zero-order valence-electron chi connectivity index (χ0n) is 25.1. The van der Waals surface area contributed by atoms with E-state index in [9.17, 15) is 9.59 Å². The highest BCUT2D eigenvalue weighted by molar-refractivity contribution is 6.77. The molecule has 0 aromatic heterocycles. The lowest BCUT2D eigenvalue weighted by atomic mass is 9.88. The Morgan fingerprint density at radius 1 is 0.902 bits per heavy atom. The number of hydrogen-bond acceptors (Lipinski definition) is 4. The Balaban J connectivity index is 1.26. The lowest BCUT2D eigenvalue weighted by molar-refractivity contribution is -0.140. The van der Waals surface area contributed by atoms with Crippen LogP contribution in [0.2, 0.25) is 25.2 Å². The molecule has 218 valence electrons. The number of carbonyl (C=O) groups excluding carboxylic acids is 2. The second-order valence-corrected chi connectivity index (χ2v) is 19.3. The van der Waals surface area contributed by atoms with Gasteiger partial charge in [0.2, 0.25) is 11.8 Å². The molecule has 4 aliphatic rings. The number of carbonyl (C=O) groups is 2. The van der Waals surface area contributed by atoms with E-state index >= 15 is 0 Å². The van der Waals surface area contributed by atoms with E-state index in [4.69, 9.17) is 0 Å². The minimum absolute atomic E-state index is 0.0239. The van der Waals surface area contributed by atoms with Gasteiger partial charge in [-0.25, -0.2) is 9.98 Å². The van der Waals surface area contributed by atoms with Crippen LogP contribution in [-0.4, -0.2) is 43.5 Å². The molecule has 6 heteroatoms. The van der Waals surface area contributed by atoms with Gasteiger partial charge in [0.05, 0.1) is 23.9 Å². The van der Waals surface area contributed by atoms with E-state index < -0.39 is 8.07 Å². The molecule has 1 aromatic carbocycles. The van der Waals surface area contributed by atoms with Crippen LogP contribution < -0.4 is 0 Å². The highest BCUT2D eigenvalue weighted by atomic mass is 28.3. The monoisotopic (exact) mass is 569 g/mol. The lowest BCUT2D eigenvalue weighted by Crippen LogP contribution is -2.33. The summed E-state index contributed by atoms with van der Waals surface area (Å²) >= 11 is 0. The highest BCUT2D eigenvalue weighted by Gasteiger charge is 2.57. The number of likely N-dealkylation sites (tertiary alicyclic amines) is 1. The van der Waals surface area contributed by atoms with Crippen LogP contribution in [0.4, 0.5) is 0 Å². The van der Waals surface area contributed by atoms with Crippen LogP contribution in [0.25, 0.3) is 6.08 Å². The van der Waals surface area contributed by atoms with Crippen LogP contribution in [-0.2, 0) is 9.59 Å². The molecule has 5 nitrogen and oxygen atoms in total. The van der Waals surface area contributed by atoms with Crippen molar-refractivity contribution in [3.8, 4) is 0 Å². The van der Waals surface area contributed by atoms with Crippen molar-refractivity contribution in [3.63, 3.8) is 0 Å². The average molecular weight is 570 g/mol. The van der Waals surface area contributed by atoms with E-state index in [1.165, 1.54) is 36.1 Å². The van der Waals surface area contributed by atoms with Crippen LogP contribution in [0.15, 0.2) is 71.2 Å². The lowest BCUT2D eigenvalue weighted by Gasteiger charge is -2.29. The van der Waals surface area contributed by atoms with Crippen molar-refractivity contribution in [1.82, 2.24) is 4.90 Å². The molecular weight excluding hydrogens is 522 g/mol. The summed E-state index contributed by atoms with van der Waals surface area (Å²) in [5.74, 6) is 0.348. The van der Waals surface area contributed by atoms with E-state index in [0.29, 0.717) is 11.8 Å². The molecule has 3 saturated carbocycles. The van der Waals surface area contributed by atoms with E-state index in [1.807, 2.05) is 6.08 Å². The highest BCUT2D eigenvalue weighted by Crippen LogP contribution is 2.51. The number of rotatable bonds is 9. The molecule has 4 unspecified atom stereocenters. The number of nitrogens with zero attached hydrogens (tertiary/aromatic N) is 3. The van der Waals surface area contributed by atoms with E-state index in [0.717, 1.165) is 31.2 Å². The minimum Gasteiger partial charge on any atom is -0.274 e. The molecule has 41 heavy (non-hydrogen) atoms. The summed E-state index contributed by atoms with van der Waals surface area (Å²) in [4.78, 5) is 37.0. The third kappa shape index (κ3) is 6.81. The van der Waals surface area contributed by atoms with Crippen LogP contribution in [0.1, 0.15) is 56.9 Å². The fraction of sp³-hybridized carbons (Fsp3) is 0.571. The molecular formula is C35H47N3O2Si. The number of amides is 2. The first kappa shape index (κ1) is 29.7. The molecule has 1 aliphatic heterocycles. The van der Waals surface area contributed by atoms with Crippen molar-refractivity contribution in [3.05, 3.63) is 66.8 Å². The number of imide groups is 1. The second-order valence-electron chi connectivity index (χ2n) is 13.8. The molecule has 1 aromatic rings. The van der Waals surface area contributed by atoms with Gasteiger partial charge in [-0.15, -0.1) is 6.58 Å². The molecule has 1 saturated heterocycles. The third-order valence-corrected chi connectivity index (χ3v) is 13.0. The Bertz CT molecular complexity index is 1220. The van der Waals surface area contributed by atoms with Gasteiger partial charge in [0.1, 0.15) is 6.67 Å². The first-order valence-corrected chi connectivity index (χ1v) is 19.3. The van der Waals surface area contributed by atoms with Crippen molar-refractivity contribution in [2.24, 2.45) is 45.5 Å².